The standard InChI is InChI=1S/C65H118O12/c1-4-7-10-13-16-19-22-25-27-28-29-30-32-34-36-39-42-45-48-51-57(66)73-54-56(75-58(67)52-49-46-43-40-37-33-24-21-18-15-12-9-6-3)55-74-65-63(61(70)60(69)62(77-65)64(71)72)76-59(68)53-50-47-44-41-38-35-31-26-23-20-17-14-11-8-5-2/h16,19,25,27,56,60-63,65,69-70H,4-15,17-18,20-24,26,28-55H2,1-3H3,(H,71,72)/b19-16-,27-25-. The van der Waals surface area contributed by atoms with Gasteiger partial charge in [-0.1, -0.05) is 270 Å². The summed E-state index contributed by atoms with van der Waals surface area (Å²) >= 11 is 0. The van der Waals surface area contributed by atoms with Gasteiger partial charge in [-0.2, -0.15) is 0 Å². The van der Waals surface area contributed by atoms with Crippen molar-refractivity contribution in [1.29, 1.82) is 0 Å². The predicted octanol–water partition coefficient (Wildman–Crippen LogP) is 17.0. The smallest absolute Gasteiger partial charge is 0.335 e. The van der Waals surface area contributed by atoms with E-state index in [4.69, 9.17) is 23.7 Å². The summed E-state index contributed by atoms with van der Waals surface area (Å²) in [7, 11) is 0. The van der Waals surface area contributed by atoms with Crippen molar-refractivity contribution in [2.24, 2.45) is 0 Å². The van der Waals surface area contributed by atoms with Gasteiger partial charge in [0.15, 0.2) is 24.6 Å². The second kappa shape index (κ2) is 53.8. The number of carboxylic acid groups (broad SMARTS) is 1. The summed E-state index contributed by atoms with van der Waals surface area (Å²) in [5.41, 5.74) is 0. The number of aliphatic hydroxyl groups excluding tert-OH is 2. The lowest BCUT2D eigenvalue weighted by atomic mass is 9.98. The van der Waals surface area contributed by atoms with Gasteiger partial charge in [-0.05, 0) is 51.4 Å². The van der Waals surface area contributed by atoms with Crippen LogP contribution in [0.15, 0.2) is 24.3 Å². The second-order valence-corrected chi connectivity index (χ2v) is 22.4. The molecule has 6 atom stereocenters. The average molecular weight is 1090 g/mol. The van der Waals surface area contributed by atoms with Gasteiger partial charge in [0, 0.05) is 19.3 Å². The van der Waals surface area contributed by atoms with Crippen LogP contribution in [-0.4, -0.2) is 89.2 Å². The number of esters is 3. The van der Waals surface area contributed by atoms with Crippen LogP contribution in [0.2, 0.25) is 0 Å². The first-order valence-corrected chi connectivity index (χ1v) is 32.3. The van der Waals surface area contributed by atoms with Crippen LogP contribution >= 0.6 is 0 Å². The molecular formula is C65H118O12. The van der Waals surface area contributed by atoms with Crippen LogP contribution < -0.4 is 0 Å². The zero-order valence-electron chi connectivity index (χ0n) is 49.7. The van der Waals surface area contributed by atoms with E-state index in [0.717, 1.165) is 70.6 Å². The van der Waals surface area contributed by atoms with Crippen molar-refractivity contribution in [3.8, 4) is 0 Å². The van der Waals surface area contributed by atoms with Crippen molar-refractivity contribution in [2.75, 3.05) is 13.2 Å². The highest BCUT2D eigenvalue weighted by Gasteiger charge is 2.50. The molecule has 0 bridgehead atoms. The van der Waals surface area contributed by atoms with Crippen molar-refractivity contribution in [3.63, 3.8) is 0 Å². The fourth-order valence-electron chi connectivity index (χ4n) is 10.0. The molecule has 0 aromatic carbocycles. The molecule has 0 saturated carbocycles. The number of carbonyl (C=O) groups excluding carboxylic acids is 3. The molecule has 77 heavy (non-hydrogen) atoms. The summed E-state index contributed by atoms with van der Waals surface area (Å²) in [5.74, 6) is -3.08. The largest absolute Gasteiger partial charge is 0.479 e. The molecule has 1 fully saturated rings. The van der Waals surface area contributed by atoms with E-state index in [0.29, 0.717) is 19.3 Å². The van der Waals surface area contributed by atoms with E-state index in [-0.39, 0.29) is 25.9 Å². The quantitative estimate of drug-likeness (QED) is 0.0228. The molecule has 3 N–H and O–H groups in total. The Balaban J connectivity index is 2.63. The van der Waals surface area contributed by atoms with Crippen LogP contribution in [0.3, 0.4) is 0 Å². The topological polar surface area (TPSA) is 175 Å². The fourth-order valence-corrected chi connectivity index (χ4v) is 10.0. The monoisotopic (exact) mass is 1090 g/mol. The number of aliphatic carboxylic acids is 1. The first kappa shape index (κ1) is 72.2. The van der Waals surface area contributed by atoms with Crippen molar-refractivity contribution >= 4 is 23.9 Å². The SMILES string of the molecule is CCCCC/C=C\C/C=C\CCCCCCCCCCCC(=O)OCC(COC1OC(C(=O)O)C(O)C(O)C1OC(=O)CCCCCCCCCCCCCCCCC)OC(=O)CCCCCCCCCCCCCCC. The third kappa shape index (κ3) is 43.7. The minimum Gasteiger partial charge on any atom is -0.479 e. The highest BCUT2D eigenvalue weighted by atomic mass is 16.7. The minimum atomic E-state index is -1.90. The molecule has 0 aromatic heterocycles. The van der Waals surface area contributed by atoms with E-state index < -0.39 is 67.3 Å². The molecule has 1 aliphatic heterocycles. The number of carbonyl (C=O) groups is 4. The summed E-state index contributed by atoms with van der Waals surface area (Å²) in [6.07, 6.45) is 49.9. The number of hydrogen-bond donors (Lipinski definition) is 3. The van der Waals surface area contributed by atoms with Gasteiger partial charge in [-0.25, -0.2) is 4.79 Å². The Bertz CT molecular complexity index is 1430. The van der Waals surface area contributed by atoms with Crippen molar-refractivity contribution in [3.05, 3.63) is 24.3 Å². The van der Waals surface area contributed by atoms with E-state index in [1.54, 1.807) is 0 Å². The summed E-state index contributed by atoms with van der Waals surface area (Å²) in [6.45, 7) is 6.01. The van der Waals surface area contributed by atoms with E-state index in [9.17, 15) is 34.5 Å². The Morgan fingerprint density at radius 1 is 0.429 bits per heavy atom. The van der Waals surface area contributed by atoms with Crippen LogP contribution in [0.4, 0.5) is 0 Å². The van der Waals surface area contributed by atoms with Crippen LogP contribution in [0.1, 0.15) is 316 Å². The molecule has 0 spiro atoms. The fraction of sp³-hybridized carbons (Fsp3) is 0.877. The molecule has 1 rings (SSSR count). The average Bonchev–Trinajstić information content (AvgIpc) is 3.42. The molecule has 12 nitrogen and oxygen atoms in total. The Morgan fingerprint density at radius 2 is 0.779 bits per heavy atom. The maximum atomic E-state index is 13.2. The summed E-state index contributed by atoms with van der Waals surface area (Å²) in [4.78, 5) is 51.2. The molecule has 1 heterocycles. The lowest BCUT2D eigenvalue weighted by Gasteiger charge is -2.40. The summed E-state index contributed by atoms with van der Waals surface area (Å²) in [6, 6.07) is 0. The molecule has 0 aliphatic carbocycles. The minimum absolute atomic E-state index is 0.0677. The van der Waals surface area contributed by atoms with Gasteiger partial charge >= 0.3 is 23.9 Å². The van der Waals surface area contributed by atoms with Gasteiger partial charge in [-0.3, -0.25) is 14.4 Å². The number of rotatable bonds is 56. The molecule has 12 heteroatoms. The van der Waals surface area contributed by atoms with Crippen LogP contribution in [-0.2, 0) is 42.9 Å². The van der Waals surface area contributed by atoms with Gasteiger partial charge < -0.3 is 39.0 Å². The van der Waals surface area contributed by atoms with Crippen molar-refractivity contribution in [2.45, 2.75) is 353 Å². The maximum absolute atomic E-state index is 13.2. The molecule has 1 saturated heterocycles. The number of carboxylic acids is 1. The first-order chi connectivity index (χ1) is 37.6. The second-order valence-electron chi connectivity index (χ2n) is 22.4. The van der Waals surface area contributed by atoms with Gasteiger partial charge in [0.2, 0.25) is 0 Å². The lowest BCUT2D eigenvalue weighted by Crippen LogP contribution is -2.61. The maximum Gasteiger partial charge on any atom is 0.335 e. The van der Waals surface area contributed by atoms with Gasteiger partial charge in [0.25, 0.3) is 0 Å². The highest BCUT2D eigenvalue weighted by Crippen LogP contribution is 2.27. The highest BCUT2D eigenvalue weighted by molar-refractivity contribution is 5.74. The summed E-state index contributed by atoms with van der Waals surface area (Å²) in [5, 5.41) is 31.5. The Hall–Kier alpha value is -2.80. The van der Waals surface area contributed by atoms with Gasteiger partial charge in [0.05, 0.1) is 6.61 Å². The zero-order chi connectivity index (χ0) is 56.1. The number of unbranched alkanes of at least 4 members (excludes halogenated alkanes) is 38. The number of allylic oxidation sites excluding steroid dienone is 4. The molecular weight excluding hydrogens is 973 g/mol. The van der Waals surface area contributed by atoms with Gasteiger partial charge in [-0.15, -0.1) is 0 Å². The molecule has 6 unspecified atom stereocenters. The molecule has 0 aromatic rings. The van der Waals surface area contributed by atoms with Crippen molar-refractivity contribution < 1.29 is 58.2 Å². The number of ether oxygens (including phenoxy) is 5. The number of aliphatic hydroxyl groups is 2. The van der Waals surface area contributed by atoms with Crippen LogP contribution in [0.25, 0.3) is 0 Å². The number of hydrogen-bond acceptors (Lipinski definition) is 11. The Labute approximate surface area is 470 Å². The van der Waals surface area contributed by atoms with Gasteiger partial charge in [0.1, 0.15) is 18.8 Å². The molecule has 0 radical (unpaired) electrons. The Kier molecular flexibility index (Phi) is 50.5. The van der Waals surface area contributed by atoms with E-state index in [1.807, 2.05) is 0 Å². The third-order valence-electron chi connectivity index (χ3n) is 15.0. The predicted molar refractivity (Wildman–Crippen MR) is 313 cm³/mol. The zero-order valence-corrected chi connectivity index (χ0v) is 49.7. The molecule has 1 aliphatic rings. The van der Waals surface area contributed by atoms with Crippen molar-refractivity contribution in [1.82, 2.24) is 0 Å². The first-order valence-electron chi connectivity index (χ1n) is 32.3. The van der Waals surface area contributed by atoms with Crippen LogP contribution in [0, 0.1) is 0 Å². The molecule has 0 amide bonds. The Morgan fingerprint density at radius 3 is 1.19 bits per heavy atom. The lowest BCUT2D eigenvalue weighted by molar-refractivity contribution is -0.301. The summed E-state index contributed by atoms with van der Waals surface area (Å²) < 4.78 is 28.5. The normalized spacial score (nSPS) is 18.1. The molecule has 450 valence electrons. The third-order valence-corrected chi connectivity index (χ3v) is 15.0. The van der Waals surface area contributed by atoms with E-state index >= 15 is 0 Å². The van der Waals surface area contributed by atoms with E-state index in [2.05, 4.69) is 45.1 Å². The van der Waals surface area contributed by atoms with Crippen LogP contribution in [0.5, 0.6) is 0 Å². The van der Waals surface area contributed by atoms with E-state index in [1.165, 1.54) is 186 Å².